The average Bonchev–Trinajstić information content (AvgIpc) is 2.23. The van der Waals surface area contributed by atoms with Crippen LogP contribution < -0.4 is 5.32 Å². The van der Waals surface area contributed by atoms with E-state index in [1.54, 1.807) is 20.8 Å². The average molecular weight is 232 g/mol. The molecule has 0 fully saturated rings. The molecule has 6 nitrogen and oxygen atoms in total. The first-order chi connectivity index (χ1) is 7.26. The number of rotatable bonds is 5. The van der Waals surface area contributed by atoms with E-state index in [2.05, 4.69) is 5.32 Å². The normalized spacial score (nSPS) is 13.1. The minimum Gasteiger partial charge on any atom is -0.480 e. The molecule has 2 amide bonds. The van der Waals surface area contributed by atoms with E-state index in [0.717, 1.165) is 0 Å². The minimum absolute atomic E-state index is 0.194. The summed E-state index contributed by atoms with van der Waals surface area (Å²) in [6, 6.07) is -1.40. The van der Waals surface area contributed by atoms with E-state index in [-0.39, 0.29) is 6.61 Å². The van der Waals surface area contributed by atoms with Gasteiger partial charge in [0.05, 0.1) is 12.1 Å². The molecular weight excluding hydrogens is 212 g/mol. The Morgan fingerprint density at radius 1 is 1.44 bits per heavy atom. The number of nitrogens with one attached hydrogen (secondary N) is 1. The molecule has 0 unspecified atom stereocenters. The molecule has 1 atom stereocenters. The summed E-state index contributed by atoms with van der Waals surface area (Å²) in [6.45, 7) is 4.86. The lowest BCUT2D eigenvalue weighted by Gasteiger charge is -2.34. The van der Waals surface area contributed by atoms with Crippen LogP contribution in [-0.2, 0) is 4.79 Å². The second-order valence-corrected chi connectivity index (χ2v) is 4.28. The number of likely N-dealkylation sites (N-methyl/N-ethyl adjacent to an activating group) is 1. The number of urea groups is 1. The molecule has 3 N–H and O–H groups in total. The Balaban J connectivity index is 4.52. The smallest absolute Gasteiger partial charge is 0.326 e. The summed E-state index contributed by atoms with van der Waals surface area (Å²) in [5, 5.41) is 20.2. The number of hydrogen-bond acceptors (Lipinski definition) is 3. The van der Waals surface area contributed by atoms with E-state index in [1.165, 1.54) is 11.9 Å². The summed E-state index contributed by atoms with van der Waals surface area (Å²) in [6.07, 6.45) is 0.314. The number of carbonyl (C=O) groups excluding carboxylic acids is 1. The molecule has 6 heteroatoms. The maximum absolute atomic E-state index is 11.7. The first kappa shape index (κ1) is 14.7. The van der Waals surface area contributed by atoms with Crippen LogP contribution in [0.2, 0.25) is 0 Å². The number of aliphatic carboxylic acids is 1. The van der Waals surface area contributed by atoms with Gasteiger partial charge in [-0.25, -0.2) is 9.59 Å². The highest BCUT2D eigenvalue weighted by Crippen LogP contribution is 2.11. The molecule has 16 heavy (non-hydrogen) atoms. The third-order valence-electron chi connectivity index (χ3n) is 2.60. The molecule has 0 rings (SSSR count). The number of hydrogen-bond donors (Lipinski definition) is 3. The van der Waals surface area contributed by atoms with Crippen LogP contribution in [0.4, 0.5) is 4.79 Å². The number of aliphatic hydroxyl groups excluding tert-OH is 1. The van der Waals surface area contributed by atoms with Crippen LogP contribution in [0, 0.1) is 0 Å². The van der Waals surface area contributed by atoms with Gasteiger partial charge in [0.2, 0.25) is 0 Å². The third kappa shape index (κ3) is 3.69. The predicted octanol–water partition coefficient (Wildman–Crippen LogP) is 0.262. The largest absolute Gasteiger partial charge is 0.480 e. The lowest BCUT2D eigenvalue weighted by molar-refractivity contribution is -0.139. The van der Waals surface area contributed by atoms with Gasteiger partial charge in [-0.2, -0.15) is 0 Å². The first-order valence-corrected chi connectivity index (χ1v) is 5.14. The van der Waals surface area contributed by atoms with Crippen molar-refractivity contribution in [1.82, 2.24) is 10.2 Å². The lowest BCUT2D eigenvalue weighted by Crippen LogP contribution is -2.54. The highest BCUT2D eigenvalue weighted by molar-refractivity contribution is 5.82. The molecule has 0 aromatic rings. The molecular formula is C10H20N2O4. The summed E-state index contributed by atoms with van der Waals surface area (Å²) in [7, 11) is 1.51. The number of nitrogens with zero attached hydrogens (tertiary/aromatic N) is 1. The van der Waals surface area contributed by atoms with Crippen molar-refractivity contribution in [1.29, 1.82) is 0 Å². The molecule has 0 spiro atoms. The first-order valence-electron chi connectivity index (χ1n) is 5.14. The lowest BCUT2D eigenvalue weighted by atomic mass is 10.1. The van der Waals surface area contributed by atoms with Gasteiger partial charge >= 0.3 is 12.0 Å². The fraction of sp³-hybridized carbons (Fsp3) is 0.800. The Morgan fingerprint density at radius 3 is 2.25 bits per heavy atom. The number of amides is 2. The van der Waals surface area contributed by atoms with E-state index in [4.69, 9.17) is 10.2 Å². The Bertz CT molecular complexity index is 266. The molecule has 0 aromatic heterocycles. The van der Waals surface area contributed by atoms with E-state index in [1.807, 2.05) is 0 Å². The molecule has 0 heterocycles. The second kappa shape index (κ2) is 5.69. The van der Waals surface area contributed by atoms with Crippen LogP contribution in [-0.4, -0.2) is 52.3 Å². The van der Waals surface area contributed by atoms with E-state index in [0.29, 0.717) is 6.42 Å². The minimum atomic E-state index is -1.06. The van der Waals surface area contributed by atoms with Crippen LogP contribution in [0.1, 0.15) is 27.2 Å². The maximum Gasteiger partial charge on any atom is 0.326 e. The van der Waals surface area contributed by atoms with E-state index < -0.39 is 23.6 Å². The van der Waals surface area contributed by atoms with Crippen molar-refractivity contribution in [2.24, 2.45) is 0 Å². The van der Waals surface area contributed by atoms with Crippen molar-refractivity contribution in [3.63, 3.8) is 0 Å². The molecule has 0 saturated carbocycles. The van der Waals surface area contributed by atoms with Gasteiger partial charge < -0.3 is 20.4 Å². The highest BCUT2D eigenvalue weighted by atomic mass is 16.4. The van der Waals surface area contributed by atoms with Gasteiger partial charge in [0.1, 0.15) is 6.04 Å². The predicted molar refractivity (Wildman–Crippen MR) is 59.2 cm³/mol. The van der Waals surface area contributed by atoms with Gasteiger partial charge in [-0.15, -0.1) is 0 Å². The van der Waals surface area contributed by atoms with Crippen molar-refractivity contribution in [2.75, 3.05) is 13.7 Å². The Hall–Kier alpha value is -1.30. The zero-order valence-electron chi connectivity index (χ0n) is 10.1. The molecule has 0 aliphatic rings. The fourth-order valence-electron chi connectivity index (χ4n) is 0.965. The van der Waals surface area contributed by atoms with Crippen LogP contribution in [0.15, 0.2) is 0 Å². The third-order valence-corrected chi connectivity index (χ3v) is 2.60. The number of carboxylic acid groups (broad SMARTS) is 1. The van der Waals surface area contributed by atoms with E-state index in [9.17, 15) is 9.59 Å². The zero-order valence-corrected chi connectivity index (χ0v) is 10.1. The van der Waals surface area contributed by atoms with Crippen LogP contribution in [0.25, 0.3) is 0 Å². The van der Waals surface area contributed by atoms with Gasteiger partial charge in [-0.1, -0.05) is 6.92 Å². The number of carbonyl (C=O) groups is 2. The maximum atomic E-state index is 11.7. The molecule has 0 bridgehead atoms. The van der Waals surface area contributed by atoms with Gasteiger partial charge in [-0.05, 0) is 20.3 Å². The van der Waals surface area contributed by atoms with Crippen LogP contribution in [0.3, 0.4) is 0 Å². The quantitative estimate of drug-likeness (QED) is 0.634. The Morgan fingerprint density at radius 2 is 1.94 bits per heavy atom. The monoisotopic (exact) mass is 232 g/mol. The van der Waals surface area contributed by atoms with E-state index >= 15 is 0 Å². The van der Waals surface area contributed by atoms with Gasteiger partial charge in [-0.3, -0.25) is 0 Å². The van der Waals surface area contributed by atoms with Gasteiger partial charge in [0.15, 0.2) is 0 Å². The standard InChI is InChI=1S/C10H20N2O4/c1-5-7(8(14)15)11-9(16)12(4)10(2,3)6-13/h7,13H,5-6H2,1-4H3,(H,11,16)(H,14,15)/t7-/m1/s1. The van der Waals surface area contributed by atoms with Crippen molar-refractivity contribution in [2.45, 2.75) is 38.8 Å². The van der Waals surface area contributed by atoms with Crippen molar-refractivity contribution in [3.8, 4) is 0 Å². The molecule has 0 radical (unpaired) electrons. The van der Waals surface area contributed by atoms with Crippen molar-refractivity contribution >= 4 is 12.0 Å². The fourth-order valence-corrected chi connectivity index (χ4v) is 0.965. The zero-order chi connectivity index (χ0) is 12.9. The van der Waals surface area contributed by atoms with Crippen LogP contribution >= 0.6 is 0 Å². The summed E-state index contributed by atoms with van der Waals surface area (Å²) in [5.41, 5.74) is -0.721. The molecule has 0 aliphatic heterocycles. The molecule has 0 aromatic carbocycles. The topological polar surface area (TPSA) is 89.9 Å². The Labute approximate surface area is 95.2 Å². The van der Waals surface area contributed by atoms with Gasteiger partial charge in [0.25, 0.3) is 0 Å². The van der Waals surface area contributed by atoms with Crippen molar-refractivity contribution in [3.05, 3.63) is 0 Å². The summed E-state index contributed by atoms with van der Waals surface area (Å²) < 4.78 is 0. The number of carboxylic acids is 1. The summed E-state index contributed by atoms with van der Waals surface area (Å²) >= 11 is 0. The summed E-state index contributed by atoms with van der Waals surface area (Å²) in [4.78, 5) is 23.7. The second-order valence-electron chi connectivity index (χ2n) is 4.28. The SMILES string of the molecule is CC[C@@H](NC(=O)N(C)C(C)(C)CO)C(=O)O. The molecule has 0 aliphatic carbocycles. The molecule has 0 saturated heterocycles. The number of aliphatic hydroxyl groups is 1. The highest BCUT2D eigenvalue weighted by Gasteiger charge is 2.29. The van der Waals surface area contributed by atoms with Crippen molar-refractivity contribution < 1.29 is 19.8 Å². The Kier molecular flexibility index (Phi) is 5.23. The summed E-state index contributed by atoms with van der Waals surface area (Å²) in [5.74, 6) is -1.06. The molecule has 94 valence electrons. The van der Waals surface area contributed by atoms with Crippen LogP contribution in [0.5, 0.6) is 0 Å². The van der Waals surface area contributed by atoms with Gasteiger partial charge in [0, 0.05) is 7.05 Å².